The van der Waals surface area contributed by atoms with Crippen LogP contribution in [0.15, 0.2) is 4.99 Å². The lowest BCUT2D eigenvalue weighted by Crippen LogP contribution is -2.48. The highest BCUT2D eigenvalue weighted by Gasteiger charge is 2.29. The molecular formula is C11H21N3O. The van der Waals surface area contributed by atoms with Gasteiger partial charge in [0.1, 0.15) is 0 Å². The van der Waals surface area contributed by atoms with Crippen LogP contribution in [0.5, 0.6) is 0 Å². The summed E-state index contributed by atoms with van der Waals surface area (Å²) in [4.78, 5) is 4.37. The average Bonchev–Trinajstić information content (AvgIpc) is 2.85. The molecule has 1 unspecified atom stereocenters. The van der Waals surface area contributed by atoms with Gasteiger partial charge in [-0.15, -0.1) is 0 Å². The molecule has 0 amide bonds. The number of hydrogen-bond acceptors (Lipinski definition) is 2. The van der Waals surface area contributed by atoms with Gasteiger partial charge in [-0.2, -0.15) is 0 Å². The van der Waals surface area contributed by atoms with Gasteiger partial charge < -0.3 is 15.8 Å². The fourth-order valence-electron chi connectivity index (χ4n) is 2.00. The van der Waals surface area contributed by atoms with Crippen molar-refractivity contribution < 1.29 is 4.74 Å². The van der Waals surface area contributed by atoms with Gasteiger partial charge >= 0.3 is 0 Å². The topological polar surface area (TPSA) is 59.6 Å². The number of nitrogens with two attached hydrogens (primary N) is 1. The van der Waals surface area contributed by atoms with Crippen molar-refractivity contribution in [2.24, 2.45) is 10.7 Å². The Hall–Kier alpha value is -0.770. The Bertz CT molecular complexity index is 259. The molecular weight excluding hydrogens is 190 g/mol. The summed E-state index contributed by atoms with van der Waals surface area (Å²) in [6.07, 6.45) is 4.40. The Labute approximate surface area is 91.3 Å². The summed E-state index contributed by atoms with van der Waals surface area (Å²) in [5.74, 6) is 0.611. The Balaban J connectivity index is 1.83. The van der Waals surface area contributed by atoms with Gasteiger partial charge in [0.05, 0.1) is 11.6 Å². The van der Waals surface area contributed by atoms with Crippen LogP contribution >= 0.6 is 0 Å². The fourth-order valence-corrected chi connectivity index (χ4v) is 2.00. The van der Waals surface area contributed by atoms with Gasteiger partial charge in [-0.3, -0.25) is 4.99 Å². The summed E-state index contributed by atoms with van der Waals surface area (Å²) in [6.45, 7) is 5.05. The Morgan fingerprint density at radius 1 is 1.40 bits per heavy atom. The second kappa shape index (κ2) is 4.00. The van der Waals surface area contributed by atoms with Crippen molar-refractivity contribution in [1.29, 1.82) is 0 Å². The molecule has 1 heterocycles. The molecule has 0 radical (unpaired) electrons. The van der Waals surface area contributed by atoms with Crippen LogP contribution in [0.1, 0.15) is 39.5 Å². The second-order valence-corrected chi connectivity index (χ2v) is 5.19. The van der Waals surface area contributed by atoms with Gasteiger partial charge in [0.15, 0.2) is 5.96 Å². The third-order valence-corrected chi connectivity index (χ3v) is 2.92. The normalized spacial score (nSPS) is 31.3. The lowest BCUT2D eigenvalue weighted by molar-refractivity contribution is -0.0605. The van der Waals surface area contributed by atoms with E-state index in [1.807, 2.05) is 0 Å². The Kier molecular flexibility index (Phi) is 2.87. The third-order valence-electron chi connectivity index (χ3n) is 2.92. The van der Waals surface area contributed by atoms with Gasteiger partial charge in [0, 0.05) is 12.6 Å². The molecule has 2 aliphatic rings. The molecule has 0 bridgehead atoms. The van der Waals surface area contributed by atoms with Crippen molar-refractivity contribution in [3.8, 4) is 0 Å². The molecule has 2 rings (SSSR count). The number of aliphatic imine (C=N–C) groups is 1. The first-order valence-electron chi connectivity index (χ1n) is 5.79. The van der Waals surface area contributed by atoms with Crippen molar-refractivity contribution in [3.05, 3.63) is 0 Å². The van der Waals surface area contributed by atoms with Crippen LogP contribution < -0.4 is 11.1 Å². The predicted molar refractivity (Wildman–Crippen MR) is 60.8 cm³/mol. The average molecular weight is 211 g/mol. The zero-order valence-corrected chi connectivity index (χ0v) is 9.62. The van der Waals surface area contributed by atoms with Crippen LogP contribution in [-0.2, 0) is 4.74 Å². The van der Waals surface area contributed by atoms with Crippen LogP contribution in [0.2, 0.25) is 0 Å². The molecule has 1 aliphatic heterocycles. The zero-order chi connectivity index (χ0) is 10.9. The summed E-state index contributed by atoms with van der Waals surface area (Å²) in [5.41, 5.74) is 5.80. The minimum absolute atomic E-state index is 0.0320. The molecule has 4 heteroatoms. The lowest BCUT2D eigenvalue weighted by atomic mass is 9.94. The van der Waals surface area contributed by atoms with E-state index < -0.39 is 0 Å². The highest BCUT2D eigenvalue weighted by molar-refractivity contribution is 5.78. The molecule has 1 saturated heterocycles. The molecule has 0 aromatic carbocycles. The van der Waals surface area contributed by atoms with E-state index in [0.29, 0.717) is 18.0 Å². The number of guanidine groups is 1. The van der Waals surface area contributed by atoms with E-state index in [1.165, 1.54) is 12.8 Å². The van der Waals surface area contributed by atoms with Crippen molar-refractivity contribution in [1.82, 2.24) is 5.32 Å². The summed E-state index contributed by atoms with van der Waals surface area (Å²) in [5, 5.41) is 3.29. The standard InChI is InChI=1S/C11H21N3O/c1-11(2)7-9(5-6-15-11)14-10(12)13-8-3-4-8/h8-9H,3-7H2,1-2H3,(H3,12,13,14). The number of nitrogens with one attached hydrogen (secondary N) is 1. The van der Waals surface area contributed by atoms with E-state index in [1.54, 1.807) is 0 Å². The Morgan fingerprint density at radius 2 is 2.13 bits per heavy atom. The van der Waals surface area contributed by atoms with E-state index in [2.05, 4.69) is 24.2 Å². The maximum absolute atomic E-state index is 5.83. The van der Waals surface area contributed by atoms with E-state index in [9.17, 15) is 0 Å². The highest BCUT2D eigenvalue weighted by Crippen LogP contribution is 2.25. The highest BCUT2D eigenvalue weighted by atomic mass is 16.5. The number of hydrogen-bond donors (Lipinski definition) is 2. The van der Waals surface area contributed by atoms with Crippen LogP contribution in [0.3, 0.4) is 0 Å². The van der Waals surface area contributed by atoms with Gasteiger partial charge in [-0.1, -0.05) is 0 Å². The molecule has 3 N–H and O–H groups in total. The molecule has 2 fully saturated rings. The quantitative estimate of drug-likeness (QED) is 0.529. The number of rotatable bonds is 2. The van der Waals surface area contributed by atoms with Gasteiger partial charge in [-0.25, -0.2) is 0 Å². The lowest BCUT2D eigenvalue weighted by Gasteiger charge is -2.36. The first-order chi connectivity index (χ1) is 7.05. The van der Waals surface area contributed by atoms with Crippen LogP contribution in [0.4, 0.5) is 0 Å². The molecule has 4 nitrogen and oxygen atoms in total. The maximum Gasteiger partial charge on any atom is 0.189 e. The first kappa shape index (κ1) is 10.7. The summed E-state index contributed by atoms with van der Waals surface area (Å²) < 4.78 is 5.65. The smallest absolute Gasteiger partial charge is 0.189 e. The third kappa shape index (κ3) is 3.38. The molecule has 0 aromatic rings. The minimum Gasteiger partial charge on any atom is -0.375 e. The molecule has 15 heavy (non-hydrogen) atoms. The predicted octanol–water partition coefficient (Wildman–Crippen LogP) is 1.01. The second-order valence-electron chi connectivity index (χ2n) is 5.19. The minimum atomic E-state index is -0.0320. The molecule has 1 saturated carbocycles. The van der Waals surface area contributed by atoms with E-state index in [4.69, 9.17) is 10.5 Å². The fraction of sp³-hybridized carbons (Fsp3) is 0.909. The summed E-state index contributed by atoms with van der Waals surface area (Å²) >= 11 is 0. The molecule has 1 atom stereocenters. The van der Waals surface area contributed by atoms with E-state index in [-0.39, 0.29) is 5.60 Å². The van der Waals surface area contributed by atoms with Gasteiger partial charge in [-0.05, 0) is 39.5 Å². The summed E-state index contributed by atoms with van der Waals surface area (Å²) in [6, 6.07) is 0.904. The largest absolute Gasteiger partial charge is 0.375 e. The maximum atomic E-state index is 5.83. The van der Waals surface area contributed by atoms with Gasteiger partial charge in [0.25, 0.3) is 0 Å². The molecule has 86 valence electrons. The van der Waals surface area contributed by atoms with Crippen LogP contribution in [-0.4, -0.2) is 30.3 Å². The monoisotopic (exact) mass is 211 g/mol. The number of nitrogens with zero attached hydrogens (tertiary/aromatic N) is 1. The summed E-state index contributed by atoms with van der Waals surface area (Å²) in [7, 11) is 0. The van der Waals surface area contributed by atoms with Crippen LogP contribution in [0.25, 0.3) is 0 Å². The van der Waals surface area contributed by atoms with Crippen molar-refractivity contribution in [2.45, 2.75) is 57.2 Å². The van der Waals surface area contributed by atoms with Crippen LogP contribution in [0, 0.1) is 0 Å². The SMILES string of the molecule is CC1(C)CC(NC(N)=NC2CC2)CCO1. The van der Waals surface area contributed by atoms with E-state index >= 15 is 0 Å². The molecule has 0 spiro atoms. The van der Waals surface area contributed by atoms with Crippen molar-refractivity contribution in [2.75, 3.05) is 6.61 Å². The first-order valence-corrected chi connectivity index (χ1v) is 5.79. The van der Waals surface area contributed by atoms with E-state index in [0.717, 1.165) is 19.4 Å². The number of ether oxygens (including phenoxy) is 1. The van der Waals surface area contributed by atoms with Crippen molar-refractivity contribution in [3.63, 3.8) is 0 Å². The zero-order valence-electron chi connectivity index (χ0n) is 9.62. The van der Waals surface area contributed by atoms with Crippen molar-refractivity contribution >= 4 is 5.96 Å². The van der Waals surface area contributed by atoms with Gasteiger partial charge in [0.2, 0.25) is 0 Å². The Morgan fingerprint density at radius 3 is 2.73 bits per heavy atom. The molecule has 0 aromatic heterocycles. The molecule has 1 aliphatic carbocycles.